The molecule has 2 rings (SSSR count). The van der Waals surface area contributed by atoms with Gasteiger partial charge in [0, 0.05) is 0 Å². The zero-order chi connectivity index (χ0) is 13.3. The van der Waals surface area contributed by atoms with Crippen LogP contribution in [0.15, 0.2) is 18.2 Å². The van der Waals surface area contributed by atoms with Crippen LogP contribution >= 0.6 is 0 Å². The van der Waals surface area contributed by atoms with Gasteiger partial charge in [0.05, 0.1) is 7.11 Å². The minimum atomic E-state index is -3.27. The van der Waals surface area contributed by atoms with Gasteiger partial charge in [-0.2, -0.15) is 0 Å². The molecule has 0 bridgehead atoms. The van der Waals surface area contributed by atoms with E-state index >= 15 is 0 Å². The van der Waals surface area contributed by atoms with E-state index in [2.05, 4.69) is 4.74 Å². The summed E-state index contributed by atoms with van der Waals surface area (Å²) < 4.78 is 49.3. The molecule has 1 aliphatic rings. The molecule has 4 nitrogen and oxygen atoms in total. The molecule has 1 aliphatic heterocycles. The SMILES string of the molecule is COc1cc([C@@H]2NC(=O)OCC2(F)F)ccc1F. The van der Waals surface area contributed by atoms with Crippen molar-refractivity contribution < 1.29 is 27.4 Å². The quantitative estimate of drug-likeness (QED) is 0.888. The lowest BCUT2D eigenvalue weighted by Gasteiger charge is -2.31. The van der Waals surface area contributed by atoms with Gasteiger partial charge in [0.2, 0.25) is 0 Å². The van der Waals surface area contributed by atoms with Gasteiger partial charge < -0.3 is 14.8 Å². The number of hydrogen-bond acceptors (Lipinski definition) is 3. The number of nitrogens with one attached hydrogen (secondary N) is 1. The van der Waals surface area contributed by atoms with E-state index < -0.39 is 30.5 Å². The first kappa shape index (κ1) is 12.5. The molecule has 0 aliphatic carbocycles. The van der Waals surface area contributed by atoms with Crippen molar-refractivity contribution in [3.05, 3.63) is 29.6 Å². The highest BCUT2D eigenvalue weighted by Gasteiger charge is 2.46. The monoisotopic (exact) mass is 261 g/mol. The van der Waals surface area contributed by atoms with Gasteiger partial charge in [0.15, 0.2) is 18.2 Å². The zero-order valence-corrected chi connectivity index (χ0v) is 9.38. The van der Waals surface area contributed by atoms with Crippen LogP contribution in [-0.2, 0) is 4.74 Å². The topological polar surface area (TPSA) is 47.6 Å². The first-order valence-corrected chi connectivity index (χ1v) is 5.08. The molecule has 1 aromatic carbocycles. The van der Waals surface area contributed by atoms with E-state index in [0.717, 1.165) is 12.1 Å². The number of benzene rings is 1. The number of hydrogen-bond donors (Lipinski definition) is 1. The minimum Gasteiger partial charge on any atom is -0.494 e. The van der Waals surface area contributed by atoms with Crippen LogP contribution in [0.25, 0.3) is 0 Å². The molecule has 0 spiro atoms. The number of halogens is 3. The summed E-state index contributed by atoms with van der Waals surface area (Å²) in [5.41, 5.74) is 0.0508. The Morgan fingerprint density at radius 3 is 2.89 bits per heavy atom. The number of carbonyl (C=O) groups is 1. The van der Waals surface area contributed by atoms with Crippen LogP contribution in [0.4, 0.5) is 18.0 Å². The van der Waals surface area contributed by atoms with Crippen LogP contribution in [0.2, 0.25) is 0 Å². The third kappa shape index (κ3) is 2.20. The fraction of sp³-hybridized carbons (Fsp3) is 0.364. The highest BCUT2D eigenvalue weighted by molar-refractivity contribution is 5.69. The molecule has 0 unspecified atom stereocenters. The normalized spacial score (nSPS) is 22.0. The molecule has 1 atom stereocenters. The lowest BCUT2D eigenvalue weighted by Crippen LogP contribution is -2.49. The number of ether oxygens (including phenoxy) is 2. The largest absolute Gasteiger partial charge is 0.494 e. The van der Waals surface area contributed by atoms with Crippen LogP contribution in [0.3, 0.4) is 0 Å². The molecule has 1 amide bonds. The Hall–Kier alpha value is -1.92. The van der Waals surface area contributed by atoms with E-state index in [0.29, 0.717) is 0 Å². The lowest BCUT2D eigenvalue weighted by atomic mass is 10.00. The summed E-state index contributed by atoms with van der Waals surface area (Å²) in [6, 6.07) is 1.74. The number of amides is 1. The Kier molecular flexibility index (Phi) is 3.06. The summed E-state index contributed by atoms with van der Waals surface area (Å²) in [6.45, 7) is -1.01. The Morgan fingerprint density at radius 1 is 1.50 bits per heavy atom. The van der Waals surface area contributed by atoms with Crippen molar-refractivity contribution in [3.8, 4) is 5.75 Å². The molecule has 98 valence electrons. The zero-order valence-electron chi connectivity index (χ0n) is 9.38. The molecule has 18 heavy (non-hydrogen) atoms. The summed E-state index contributed by atoms with van der Waals surface area (Å²) >= 11 is 0. The van der Waals surface area contributed by atoms with Crippen molar-refractivity contribution in [1.82, 2.24) is 5.32 Å². The fourth-order valence-corrected chi connectivity index (χ4v) is 1.69. The van der Waals surface area contributed by atoms with Gasteiger partial charge in [-0.25, -0.2) is 18.0 Å². The van der Waals surface area contributed by atoms with Crippen molar-refractivity contribution in [2.75, 3.05) is 13.7 Å². The maximum absolute atomic E-state index is 13.6. The van der Waals surface area contributed by atoms with E-state index in [1.165, 1.54) is 13.2 Å². The standard InChI is InChI=1S/C11H10F3NO3/c1-17-8-4-6(2-3-7(8)12)9-11(13,14)5-18-10(16)15-9/h2-4,9H,5H2,1H3,(H,15,16)/t9-/m0/s1. The molecule has 0 saturated carbocycles. The predicted molar refractivity (Wildman–Crippen MR) is 55.1 cm³/mol. The van der Waals surface area contributed by atoms with Gasteiger partial charge in [-0.3, -0.25) is 0 Å². The van der Waals surface area contributed by atoms with Gasteiger partial charge in [-0.15, -0.1) is 0 Å². The molecule has 0 aromatic heterocycles. The summed E-state index contributed by atoms with van der Waals surface area (Å²) in [7, 11) is 1.23. The molecule has 1 heterocycles. The van der Waals surface area contributed by atoms with Gasteiger partial charge >= 0.3 is 12.0 Å². The Morgan fingerprint density at radius 2 is 2.22 bits per heavy atom. The number of carbonyl (C=O) groups excluding carboxylic acids is 1. The van der Waals surface area contributed by atoms with Crippen LogP contribution in [0.1, 0.15) is 11.6 Å². The number of methoxy groups -OCH3 is 1. The first-order chi connectivity index (χ1) is 8.44. The average molecular weight is 261 g/mol. The van der Waals surface area contributed by atoms with E-state index in [4.69, 9.17) is 4.74 Å². The van der Waals surface area contributed by atoms with Crippen molar-refractivity contribution in [1.29, 1.82) is 0 Å². The molecule has 1 saturated heterocycles. The van der Waals surface area contributed by atoms with Crippen LogP contribution in [-0.4, -0.2) is 25.7 Å². The summed E-state index contributed by atoms with van der Waals surface area (Å²) in [5.74, 6) is -4.09. The highest BCUT2D eigenvalue weighted by Crippen LogP contribution is 2.36. The van der Waals surface area contributed by atoms with E-state index in [1.54, 1.807) is 0 Å². The Balaban J connectivity index is 2.37. The van der Waals surface area contributed by atoms with Crippen molar-refractivity contribution in [2.45, 2.75) is 12.0 Å². The molecule has 1 N–H and O–H groups in total. The maximum Gasteiger partial charge on any atom is 0.408 e. The summed E-state index contributed by atoms with van der Waals surface area (Å²) in [4.78, 5) is 11.0. The van der Waals surface area contributed by atoms with Gasteiger partial charge in [0.25, 0.3) is 0 Å². The van der Waals surface area contributed by atoms with Gasteiger partial charge in [-0.1, -0.05) is 6.07 Å². The van der Waals surface area contributed by atoms with Crippen molar-refractivity contribution >= 4 is 6.09 Å². The molecular formula is C11H10F3NO3. The summed E-state index contributed by atoms with van der Waals surface area (Å²) in [5, 5.41) is 2.00. The molecule has 1 aromatic rings. The third-order valence-electron chi connectivity index (χ3n) is 2.59. The summed E-state index contributed by atoms with van der Waals surface area (Å²) in [6.07, 6.45) is -0.936. The Labute approximate surface area is 101 Å². The number of rotatable bonds is 2. The van der Waals surface area contributed by atoms with Crippen LogP contribution in [0.5, 0.6) is 5.75 Å². The molecule has 1 fully saturated rings. The van der Waals surface area contributed by atoms with E-state index in [1.807, 2.05) is 5.32 Å². The number of alkyl halides is 2. The second kappa shape index (κ2) is 4.40. The molecular weight excluding hydrogens is 251 g/mol. The number of cyclic esters (lactones) is 1. The van der Waals surface area contributed by atoms with Gasteiger partial charge in [0.1, 0.15) is 6.04 Å². The van der Waals surface area contributed by atoms with Crippen molar-refractivity contribution in [2.24, 2.45) is 0 Å². The maximum atomic E-state index is 13.6. The lowest BCUT2D eigenvalue weighted by molar-refractivity contribution is -0.104. The molecule has 0 radical (unpaired) electrons. The van der Waals surface area contributed by atoms with Crippen molar-refractivity contribution in [3.63, 3.8) is 0 Å². The Bertz CT molecular complexity index is 479. The van der Waals surface area contributed by atoms with Crippen LogP contribution < -0.4 is 10.1 Å². The minimum absolute atomic E-state index is 0.0508. The molecule has 7 heteroatoms. The second-order valence-electron chi connectivity index (χ2n) is 3.81. The first-order valence-electron chi connectivity index (χ1n) is 5.08. The number of alkyl carbamates (subject to hydrolysis) is 1. The average Bonchev–Trinajstić information content (AvgIpc) is 2.33. The van der Waals surface area contributed by atoms with Crippen LogP contribution in [0, 0.1) is 5.82 Å². The second-order valence-corrected chi connectivity index (χ2v) is 3.81. The third-order valence-corrected chi connectivity index (χ3v) is 2.59. The predicted octanol–water partition coefficient (Wildman–Crippen LogP) is 2.25. The van der Waals surface area contributed by atoms with Gasteiger partial charge in [-0.05, 0) is 17.7 Å². The fourth-order valence-electron chi connectivity index (χ4n) is 1.69. The highest BCUT2D eigenvalue weighted by atomic mass is 19.3. The smallest absolute Gasteiger partial charge is 0.408 e. The van der Waals surface area contributed by atoms with E-state index in [-0.39, 0.29) is 11.3 Å². The van der Waals surface area contributed by atoms with E-state index in [9.17, 15) is 18.0 Å².